The maximum atomic E-state index is 10.5. The van der Waals surface area contributed by atoms with E-state index in [1.807, 2.05) is 0 Å². The summed E-state index contributed by atoms with van der Waals surface area (Å²) in [6.07, 6.45) is 14.3. The molecule has 0 aliphatic heterocycles. The van der Waals surface area contributed by atoms with Crippen LogP contribution in [0.2, 0.25) is 0 Å². The summed E-state index contributed by atoms with van der Waals surface area (Å²) in [6, 6.07) is 0. The molecule has 0 aromatic rings. The van der Waals surface area contributed by atoms with E-state index in [0.29, 0.717) is 19.4 Å². The summed E-state index contributed by atoms with van der Waals surface area (Å²) in [5.41, 5.74) is 0. The summed E-state index contributed by atoms with van der Waals surface area (Å²) < 4.78 is 35.0. The van der Waals surface area contributed by atoms with Crippen LogP contribution in [0.5, 0.6) is 0 Å². The average Bonchev–Trinajstić information content (AvgIpc) is 2.42. The molecule has 0 rings (SSSR count). The number of ether oxygens (including phenoxy) is 1. The average molecular weight is 323 g/mol. The van der Waals surface area contributed by atoms with Crippen molar-refractivity contribution in [2.45, 2.75) is 84.0 Å². The first kappa shape index (κ1) is 20.9. The van der Waals surface area contributed by atoms with Crippen LogP contribution in [0.4, 0.5) is 0 Å². The lowest BCUT2D eigenvalue weighted by molar-refractivity contribution is 0.127. The van der Waals surface area contributed by atoms with Crippen LogP contribution in [-0.4, -0.2) is 31.9 Å². The van der Waals surface area contributed by atoms with Gasteiger partial charge in [-0.2, -0.15) is 8.42 Å². The molecule has 0 aromatic carbocycles. The smallest absolute Gasteiger partial charge is 0.264 e. The van der Waals surface area contributed by atoms with Crippen molar-refractivity contribution in [1.82, 2.24) is 0 Å². The van der Waals surface area contributed by atoms with E-state index in [-0.39, 0.29) is 5.75 Å². The molecule has 0 radical (unpaired) electrons. The van der Waals surface area contributed by atoms with Crippen LogP contribution in [0.15, 0.2) is 0 Å². The minimum atomic E-state index is -3.80. The third kappa shape index (κ3) is 19.9. The summed E-state index contributed by atoms with van der Waals surface area (Å²) in [5, 5.41) is 0. The highest BCUT2D eigenvalue weighted by molar-refractivity contribution is 7.85. The molecule has 0 amide bonds. The molecule has 0 aliphatic carbocycles. The SMILES string of the molecule is CCCCCCCCCCCCOCCCCS(=O)(=O)O. The van der Waals surface area contributed by atoms with Crippen LogP contribution >= 0.6 is 0 Å². The number of rotatable bonds is 16. The lowest BCUT2D eigenvalue weighted by Gasteiger charge is -2.04. The number of hydrogen-bond donors (Lipinski definition) is 1. The topological polar surface area (TPSA) is 63.6 Å². The van der Waals surface area contributed by atoms with E-state index in [0.717, 1.165) is 13.0 Å². The lowest BCUT2D eigenvalue weighted by atomic mass is 10.1. The van der Waals surface area contributed by atoms with Gasteiger partial charge in [0.15, 0.2) is 0 Å². The van der Waals surface area contributed by atoms with Crippen LogP contribution in [0, 0.1) is 0 Å². The maximum absolute atomic E-state index is 10.5. The van der Waals surface area contributed by atoms with Gasteiger partial charge in [0.25, 0.3) is 10.1 Å². The quantitative estimate of drug-likeness (QED) is 0.333. The Hall–Kier alpha value is -0.130. The summed E-state index contributed by atoms with van der Waals surface area (Å²) in [5.74, 6) is -0.158. The van der Waals surface area contributed by atoms with Crippen LogP contribution < -0.4 is 0 Å². The van der Waals surface area contributed by atoms with Gasteiger partial charge in [-0.1, -0.05) is 64.7 Å². The molecule has 0 aromatic heterocycles. The molecule has 0 aliphatic rings. The van der Waals surface area contributed by atoms with Gasteiger partial charge in [-0.15, -0.1) is 0 Å². The molecule has 0 spiro atoms. The normalized spacial score (nSPS) is 11.9. The molecule has 21 heavy (non-hydrogen) atoms. The van der Waals surface area contributed by atoms with Gasteiger partial charge in [0.2, 0.25) is 0 Å². The maximum Gasteiger partial charge on any atom is 0.264 e. The van der Waals surface area contributed by atoms with Crippen molar-refractivity contribution in [2.24, 2.45) is 0 Å². The van der Waals surface area contributed by atoms with Crippen LogP contribution in [0.1, 0.15) is 84.0 Å². The molecule has 0 bridgehead atoms. The van der Waals surface area contributed by atoms with E-state index in [2.05, 4.69) is 6.92 Å². The van der Waals surface area contributed by atoms with E-state index >= 15 is 0 Å². The summed E-state index contributed by atoms with van der Waals surface area (Å²) in [4.78, 5) is 0. The zero-order valence-electron chi connectivity index (χ0n) is 13.7. The molecular weight excluding hydrogens is 288 g/mol. The molecule has 0 saturated carbocycles. The third-order valence-corrected chi connectivity index (χ3v) is 4.39. The van der Waals surface area contributed by atoms with Gasteiger partial charge in [-0.3, -0.25) is 4.55 Å². The molecule has 1 N–H and O–H groups in total. The highest BCUT2D eigenvalue weighted by atomic mass is 32.2. The first-order valence-corrected chi connectivity index (χ1v) is 10.2. The third-order valence-electron chi connectivity index (χ3n) is 3.58. The Kier molecular flexibility index (Phi) is 14.7. The first-order valence-electron chi connectivity index (χ1n) is 8.59. The number of hydrogen-bond acceptors (Lipinski definition) is 3. The minimum absolute atomic E-state index is 0.158. The Morgan fingerprint density at radius 2 is 1.14 bits per heavy atom. The predicted octanol–water partition coefficient (Wildman–Crippen LogP) is 4.59. The van der Waals surface area contributed by atoms with Crippen LogP contribution in [0.25, 0.3) is 0 Å². The fourth-order valence-electron chi connectivity index (χ4n) is 2.28. The molecule has 128 valence electrons. The monoisotopic (exact) mass is 322 g/mol. The van der Waals surface area contributed by atoms with Crippen LogP contribution in [-0.2, 0) is 14.9 Å². The van der Waals surface area contributed by atoms with Crippen molar-refractivity contribution in [3.63, 3.8) is 0 Å². The molecule has 0 fully saturated rings. The van der Waals surface area contributed by atoms with Crippen molar-refractivity contribution >= 4 is 10.1 Å². The van der Waals surface area contributed by atoms with Crippen molar-refractivity contribution in [1.29, 1.82) is 0 Å². The summed E-state index contributed by atoms with van der Waals surface area (Å²) in [7, 11) is -3.80. The van der Waals surface area contributed by atoms with E-state index in [4.69, 9.17) is 9.29 Å². The molecule has 5 heteroatoms. The molecule has 0 atom stereocenters. The molecule has 0 heterocycles. The predicted molar refractivity (Wildman–Crippen MR) is 88.3 cm³/mol. The zero-order valence-corrected chi connectivity index (χ0v) is 14.5. The second-order valence-electron chi connectivity index (χ2n) is 5.79. The van der Waals surface area contributed by atoms with Gasteiger partial charge in [-0.25, -0.2) is 0 Å². The zero-order chi connectivity index (χ0) is 15.8. The van der Waals surface area contributed by atoms with E-state index < -0.39 is 10.1 Å². The second kappa shape index (κ2) is 14.8. The Morgan fingerprint density at radius 3 is 1.62 bits per heavy atom. The van der Waals surface area contributed by atoms with Gasteiger partial charge in [0, 0.05) is 13.2 Å². The fraction of sp³-hybridized carbons (Fsp3) is 1.00. The Labute approximate surface area is 131 Å². The standard InChI is InChI=1S/C16H34O4S/c1-2-3-4-5-6-7-8-9-10-11-14-20-15-12-13-16-21(17,18)19/h2-16H2,1H3,(H,17,18,19). The fourth-order valence-corrected chi connectivity index (χ4v) is 2.85. The Morgan fingerprint density at radius 1 is 0.714 bits per heavy atom. The molecule has 0 unspecified atom stereocenters. The van der Waals surface area contributed by atoms with Crippen molar-refractivity contribution in [3.8, 4) is 0 Å². The first-order chi connectivity index (χ1) is 10.1. The van der Waals surface area contributed by atoms with E-state index in [1.54, 1.807) is 0 Å². The minimum Gasteiger partial charge on any atom is -0.381 e. The molecule has 4 nitrogen and oxygen atoms in total. The number of unbranched alkanes of at least 4 members (excludes halogenated alkanes) is 10. The summed E-state index contributed by atoms with van der Waals surface area (Å²) in [6.45, 7) is 3.60. The van der Waals surface area contributed by atoms with Gasteiger partial charge in [0.1, 0.15) is 0 Å². The van der Waals surface area contributed by atoms with Gasteiger partial charge in [-0.05, 0) is 19.3 Å². The van der Waals surface area contributed by atoms with Gasteiger partial charge in [0.05, 0.1) is 5.75 Å². The van der Waals surface area contributed by atoms with Crippen molar-refractivity contribution < 1.29 is 17.7 Å². The Bertz CT molecular complexity index is 301. The second-order valence-corrected chi connectivity index (χ2v) is 7.36. The van der Waals surface area contributed by atoms with Crippen molar-refractivity contribution in [2.75, 3.05) is 19.0 Å². The highest BCUT2D eigenvalue weighted by Gasteiger charge is 2.02. The van der Waals surface area contributed by atoms with Crippen molar-refractivity contribution in [3.05, 3.63) is 0 Å². The van der Waals surface area contributed by atoms with E-state index in [1.165, 1.54) is 57.8 Å². The largest absolute Gasteiger partial charge is 0.381 e. The summed E-state index contributed by atoms with van der Waals surface area (Å²) >= 11 is 0. The lowest BCUT2D eigenvalue weighted by Crippen LogP contribution is -2.05. The van der Waals surface area contributed by atoms with Gasteiger partial charge < -0.3 is 4.74 Å². The van der Waals surface area contributed by atoms with E-state index in [9.17, 15) is 8.42 Å². The highest BCUT2D eigenvalue weighted by Crippen LogP contribution is 2.10. The Balaban J connectivity index is 3.03. The van der Waals surface area contributed by atoms with Gasteiger partial charge >= 0.3 is 0 Å². The van der Waals surface area contributed by atoms with Crippen LogP contribution in [0.3, 0.4) is 0 Å². The molecular formula is C16H34O4S. The molecule has 0 saturated heterocycles.